The number of hydrogen-bond acceptors (Lipinski definition) is 8. The quantitative estimate of drug-likeness (QED) is 0.0265. The molecule has 0 aromatic rings. The number of carbonyl (C=O) groups is 1. The van der Waals surface area contributed by atoms with Gasteiger partial charge in [-0.3, -0.25) is 4.79 Å². The third-order valence-corrected chi connectivity index (χ3v) is 11.1. The van der Waals surface area contributed by atoms with Gasteiger partial charge < -0.3 is 40.3 Å². The van der Waals surface area contributed by atoms with Gasteiger partial charge in [0.2, 0.25) is 5.91 Å². The van der Waals surface area contributed by atoms with E-state index in [0.717, 1.165) is 77.0 Å². The number of aliphatic hydroxyl groups excluding tert-OH is 5. The minimum Gasteiger partial charge on any atom is -0.394 e. The molecule has 0 aromatic carbocycles. The van der Waals surface area contributed by atoms with Crippen LogP contribution in [0.25, 0.3) is 0 Å². The molecule has 1 fully saturated rings. The average molecular weight is 832 g/mol. The Morgan fingerprint density at radius 3 is 1.54 bits per heavy atom. The first-order valence-electron chi connectivity index (χ1n) is 24.0. The highest BCUT2D eigenvalue weighted by Crippen LogP contribution is 2.23. The fourth-order valence-corrected chi connectivity index (χ4v) is 7.30. The number of unbranched alkanes of at least 4 members (excludes halogenated alkanes) is 19. The van der Waals surface area contributed by atoms with Gasteiger partial charge in [0.25, 0.3) is 0 Å². The highest BCUT2D eigenvalue weighted by molar-refractivity contribution is 5.76. The summed E-state index contributed by atoms with van der Waals surface area (Å²) >= 11 is 0. The van der Waals surface area contributed by atoms with Crippen LogP contribution in [0.2, 0.25) is 0 Å². The lowest BCUT2D eigenvalue weighted by Gasteiger charge is -2.40. The SMILES string of the molecule is CC/C=C\C/C=C\C/C=C\C/C=C\C/C=C\CCCCCC(=O)NC(COC1OC(CO)C(O)C(O)C1O)C(O)CCCCCCCCCCCCCCCCCCC. The molecular weight excluding hydrogens is 743 g/mol. The smallest absolute Gasteiger partial charge is 0.220 e. The molecule has 9 nitrogen and oxygen atoms in total. The molecule has 6 N–H and O–H groups in total. The summed E-state index contributed by atoms with van der Waals surface area (Å²) in [5, 5.41) is 54.4. The van der Waals surface area contributed by atoms with Crippen molar-refractivity contribution in [2.45, 2.75) is 236 Å². The average Bonchev–Trinajstić information content (AvgIpc) is 3.23. The van der Waals surface area contributed by atoms with Gasteiger partial charge in [-0.25, -0.2) is 0 Å². The summed E-state index contributed by atoms with van der Waals surface area (Å²) in [5.41, 5.74) is 0. The summed E-state index contributed by atoms with van der Waals surface area (Å²) in [7, 11) is 0. The van der Waals surface area contributed by atoms with Crippen molar-refractivity contribution < 1.29 is 39.8 Å². The molecule has 0 aliphatic carbocycles. The molecule has 1 heterocycles. The zero-order valence-electron chi connectivity index (χ0n) is 37.5. The molecule has 7 atom stereocenters. The van der Waals surface area contributed by atoms with Crippen molar-refractivity contribution in [3.8, 4) is 0 Å². The summed E-state index contributed by atoms with van der Waals surface area (Å²) < 4.78 is 11.3. The highest BCUT2D eigenvalue weighted by Gasteiger charge is 2.44. The van der Waals surface area contributed by atoms with Gasteiger partial charge >= 0.3 is 0 Å². The van der Waals surface area contributed by atoms with E-state index in [-0.39, 0.29) is 12.5 Å². The molecule has 0 spiro atoms. The maximum Gasteiger partial charge on any atom is 0.220 e. The zero-order valence-corrected chi connectivity index (χ0v) is 37.5. The number of nitrogens with one attached hydrogen (secondary N) is 1. The van der Waals surface area contributed by atoms with E-state index in [9.17, 15) is 30.3 Å². The van der Waals surface area contributed by atoms with E-state index in [1.165, 1.54) is 89.9 Å². The number of allylic oxidation sites excluding steroid dienone is 10. The number of aliphatic hydroxyl groups is 5. The van der Waals surface area contributed by atoms with Gasteiger partial charge in [-0.2, -0.15) is 0 Å². The molecule has 0 saturated carbocycles. The second-order valence-electron chi connectivity index (χ2n) is 16.5. The molecular formula is C50H89NO8. The number of ether oxygens (including phenoxy) is 2. The van der Waals surface area contributed by atoms with Crippen molar-refractivity contribution >= 4 is 5.91 Å². The van der Waals surface area contributed by atoms with Crippen LogP contribution in [0.1, 0.15) is 194 Å². The van der Waals surface area contributed by atoms with Gasteiger partial charge in [-0.05, 0) is 57.8 Å². The van der Waals surface area contributed by atoms with Gasteiger partial charge in [-0.1, -0.05) is 190 Å². The minimum absolute atomic E-state index is 0.154. The monoisotopic (exact) mass is 832 g/mol. The molecule has 0 bridgehead atoms. The van der Waals surface area contributed by atoms with Crippen molar-refractivity contribution in [1.82, 2.24) is 5.32 Å². The Morgan fingerprint density at radius 1 is 0.593 bits per heavy atom. The minimum atomic E-state index is -1.56. The summed E-state index contributed by atoms with van der Waals surface area (Å²) in [6, 6.07) is -0.739. The highest BCUT2D eigenvalue weighted by atomic mass is 16.7. The van der Waals surface area contributed by atoms with Crippen molar-refractivity contribution in [1.29, 1.82) is 0 Å². The summed E-state index contributed by atoms with van der Waals surface area (Å²) in [6.07, 6.45) is 45.1. The summed E-state index contributed by atoms with van der Waals surface area (Å²) in [4.78, 5) is 13.0. The van der Waals surface area contributed by atoms with E-state index in [1.807, 2.05) is 0 Å². The molecule has 1 rings (SSSR count). The summed E-state index contributed by atoms with van der Waals surface area (Å²) in [6.45, 7) is 3.70. The van der Waals surface area contributed by atoms with Gasteiger partial charge in [0.15, 0.2) is 6.29 Å². The van der Waals surface area contributed by atoms with Crippen LogP contribution >= 0.6 is 0 Å². The first-order chi connectivity index (χ1) is 28.8. The van der Waals surface area contributed by atoms with Gasteiger partial charge in [0.1, 0.15) is 24.4 Å². The van der Waals surface area contributed by atoms with E-state index < -0.39 is 49.5 Å². The van der Waals surface area contributed by atoms with Crippen LogP contribution in [0.5, 0.6) is 0 Å². The Kier molecular flexibility index (Phi) is 37.2. The maximum atomic E-state index is 13.0. The van der Waals surface area contributed by atoms with Crippen LogP contribution < -0.4 is 5.32 Å². The fraction of sp³-hybridized carbons (Fsp3) is 0.780. The Labute approximate surface area is 360 Å². The van der Waals surface area contributed by atoms with Crippen LogP contribution in [0.3, 0.4) is 0 Å². The third-order valence-electron chi connectivity index (χ3n) is 11.1. The van der Waals surface area contributed by atoms with E-state index >= 15 is 0 Å². The first kappa shape index (κ1) is 54.9. The van der Waals surface area contributed by atoms with Gasteiger partial charge in [0.05, 0.1) is 25.4 Å². The Hall–Kier alpha value is -2.11. The predicted octanol–water partition coefficient (Wildman–Crippen LogP) is 10.4. The lowest BCUT2D eigenvalue weighted by molar-refractivity contribution is -0.302. The number of carbonyl (C=O) groups excluding carboxylic acids is 1. The standard InChI is InChI=1S/C50H89NO8/c1-3-5-7-9-11-13-15-17-19-21-22-24-26-28-30-32-34-36-38-40-46(54)51-43(42-58-50-49(57)48(56)47(55)45(41-52)59-50)44(53)39-37-35-33-31-29-27-25-23-20-18-16-14-12-10-8-6-4-2/h5,7,11,13,17,19,22,24,28,30,43-45,47-50,52-53,55-57H,3-4,6,8-10,12,14-16,18,20-21,23,25-27,29,31-42H2,1-2H3,(H,51,54)/b7-5-,13-11-,19-17-,24-22-,30-28-. The van der Waals surface area contributed by atoms with E-state index in [0.29, 0.717) is 12.8 Å². The largest absolute Gasteiger partial charge is 0.394 e. The zero-order chi connectivity index (χ0) is 43.0. The maximum absolute atomic E-state index is 13.0. The lowest BCUT2D eigenvalue weighted by Crippen LogP contribution is -2.60. The molecule has 1 amide bonds. The molecule has 342 valence electrons. The molecule has 0 aromatic heterocycles. The van der Waals surface area contributed by atoms with Gasteiger partial charge in [-0.15, -0.1) is 0 Å². The lowest BCUT2D eigenvalue weighted by atomic mass is 9.99. The number of amides is 1. The second-order valence-corrected chi connectivity index (χ2v) is 16.5. The van der Waals surface area contributed by atoms with Crippen molar-refractivity contribution in [3.05, 3.63) is 60.8 Å². The number of rotatable bonds is 39. The van der Waals surface area contributed by atoms with Crippen LogP contribution in [0.4, 0.5) is 0 Å². The van der Waals surface area contributed by atoms with Crippen molar-refractivity contribution in [2.75, 3.05) is 13.2 Å². The van der Waals surface area contributed by atoms with Crippen LogP contribution in [0.15, 0.2) is 60.8 Å². The van der Waals surface area contributed by atoms with Crippen LogP contribution in [-0.2, 0) is 14.3 Å². The van der Waals surface area contributed by atoms with E-state index in [1.54, 1.807) is 0 Å². The topological polar surface area (TPSA) is 149 Å². The van der Waals surface area contributed by atoms with Crippen molar-refractivity contribution in [2.24, 2.45) is 0 Å². The Morgan fingerprint density at radius 2 is 1.05 bits per heavy atom. The van der Waals surface area contributed by atoms with E-state index in [4.69, 9.17) is 9.47 Å². The first-order valence-corrected chi connectivity index (χ1v) is 24.0. The predicted molar refractivity (Wildman–Crippen MR) is 244 cm³/mol. The molecule has 1 aliphatic heterocycles. The second kappa shape index (κ2) is 40.0. The van der Waals surface area contributed by atoms with Crippen LogP contribution in [0, 0.1) is 0 Å². The van der Waals surface area contributed by atoms with Gasteiger partial charge in [0, 0.05) is 6.42 Å². The molecule has 1 saturated heterocycles. The molecule has 1 aliphatic rings. The van der Waals surface area contributed by atoms with Crippen molar-refractivity contribution in [3.63, 3.8) is 0 Å². The fourth-order valence-electron chi connectivity index (χ4n) is 7.30. The third kappa shape index (κ3) is 30.6. The normalized spacial score (nSPS) is 21.2. The molecule has 0 radical (unpaired) electrons. The Bertz CT molecular complexity index is 1100. The summed E-state index contributed by atoms with van der Waals surface area (Å²) in [5.74, 6) is -0.177. The molecule has 9 heteroatoms. The van der Waals surface area contributed by atoms with Crippen LogP contribution in [-0.4, -0.2) is 87.5 Å². The molecule has 7 unspecified atom stereocenters. The molecule has 59 heavy (non-hydrogen) atoms. The number of hydrogen-bond donors (Lipinski definition) is 6. The van der Waals surface area contributed by atoms with E-state index in [2.05, 4.69) is 79.9 Å². The Balaban J connectivity index is 2.35.